The Morgan fingerprint density at radius 1 is 0.909 bits per heavy atom. The number of hydrogen-bond acceptors (Lipinski definition) is 9. The quantitative estimate of drug-likeness (QED) is 0.485. The lowest BCUT2D eigenvalue weighted by Crippen LogP contribution is -2.26. The highest BCUT2D eigenvalue weighted by atomic mass is 32.2. The molecular formula is C13H22O6S3. The Kier molecular flexibility index (Phi) is 11.0. The number of carbonyl (C=O) groups is 2. The van der Waals surface area contributed by atoms with Gasteiger partial charge in [-0.25, -0.2) is 0 Å². The van der Waals surface area contributed by atoms with E-state index in [1.54, 1.807) is 27.7 Å². The van der Waals surface area contributed by atoms with Gasteiger partial charge in [0.2, 0.25) is 0 Å². The lowest BCUT2D eigenvalue weighted by atomic mass is 10.4. The Morgan fingerprint density at radius 2 is 1.23 bits per heavy atom. The number of esters is 2. The van der Waals surface area contributed by atoms with Gasteiger partial charge >= 0.3 is 11.9 Å². The zero-order chi connectivity index (χ0) is 17.3. The minimum atomic E-state index is -0.564. The topological polar surface area (TPSA) is 93.1 Å². The molecule has 128 valence electrons. The Morgan fingerprint density at radius 3 is 1.50 bits per heavy atom. The molecule has 0 rings (SSSR count). The molecule has 0 aromatic carbocycles. The molecule has 0 saturated heterocycles. The highest BCUT2D eigenvalue weighted by Gasteiger charge is 2.24. The van der Waals surface area contributed by atoms with E-state index in [0.29, 0.717) is 3.53 Å². The van der Waals surface area contributed by atoms with Crippen molar-refractivity contribution in [1.82, 2.24) is 0 Å². The molecule has 0 fully saturated rings. The lowest BCUT2D eigenvalue weighted by Gasteiger charge is -2.17. The summed E-state index contributed by atoms with van der Waals surface area (Å²) in [7, 11) is 0. The molecule has 0 aromatic heterocycles. The number of rotatable bonds is 8. The van der Waals surface area contributed by atoms with Gasteiger partial charge in [0, 0.05) is 0 Å². The van der Waals surface area contributed by atoms with Crippen LogP contribution >= 0.6 is 35.7 Å². The molecule has 6 nitrogen and oxygen atoms in total. The van der Waals surface area contributed by atoms with E-state index in [9.17, 15) is 9.59 Å². The van der Waals surface area contributed by atoms with Crippen LogP contribution in [0.15, 0.2) is 0 Å². The standard InChI is InChI=1S/C13H22O6S3/c1-7(5-14)18-11(16)9(3)21-13(20)22-10(4)12(17)19-8(2)6-15/h7-10,14-15H,5-6H2,1-4H3. The first-order chi connectivity index (χ1) is 10.2. The van der Waals surface area contributed by atoms with Gasteiger partial charge in [0.05, 0.1) is 13.2 Å². The third-order valence-electron chi connectivity index (χ3n) is 2.36. The zero-order valence-corrected chi connectivity index (χ0v) is 15.4. The summed E-state index contributed by atoms with van der Waals surface area (Å²) >= 11 is 7.36. The summed E-state index contributed by atoms with van der Waals surface area (Å²) < 4.78 is 10.4. The van der Waals surface area contributed by atoms with E-state index >= 15 is 0 Å². The minimum absolute atomic E-state index is 0.242. The summed E-state index contributed by atoms with van der Waals surface area (Å²) in [5.41, 5.74) is 0. The molecule has 0 bridgehead atoms. The summed E-state index contributed by atoms with van der Waals surface area (Å²) in [6, 6.07) is 0. The molecule has 0 aliphatic rings. The van der Waals surface area contributed by atoms with Crippen LogP contribution in [0.25, 0.3) is 0 Å². The van der Waals surface area contributed by atoms with Crippen molar-refractivity contribution in [3.63, 3.8) is 0 Å². The highest BCUT2D eigenvalue weighted by molar-refractivity contribution is 8.47. The average Bonchev–Trinajstić information content (AvgIpc) is 2.46. The number of carbonyl (C=O) groups excluding carboxylic acids is 2. The lowest BCUT2D eigenvalue weighted by molar-refractivity contribution is -0.149. The summed E-state index contributed by atoms with van der Waals surface area (Å²) in [5, 5.41) is 16.6. The fourth-order valence-electron chi connectivity index (χ4n) is 1.08. The normalized spacial score (nSPS) is 16.3. The van der Waals surface area contributed by atoms with Crippen LogP contribution in [0.5, 0.6) is 0 Å². The fraction of sp³-hybridized carbons (Fsp3) is 0.769. The maximum Gasteiger partial charge on any atom is 0.319 e. The smallest absolute Gasteiger partial charge is 0.319 e. The van der Waals surface area contributed by atoms with Crippen LogP contribution in [-0.4, -0.2) is 61.6 Å². The van der Waals surface area contributed by atoms with E-state index in [1.807, 2.05) is 0 Å². The van der Waals surface area contributed by atoms with Crippen molar-refractivity contribution >= 4 is 51.2 Å². The van der Waals surface area contributed by atoms with Gasteiger partial charge in [-0.3, -0.25) is 9.59 Å². The Bertz CT molecular complexity index is 356. The molecule has 0 aliphatic carbocycles. The van der Waals surface area contributed by atoms with Crippen LogP contribution in [0.3, 0.4) is 0 Å². The monoisotopic (exact) mass is 370 g/mol. The van der Waals surface area contributed by atoms with E-state index in [1.165, 1.54) is 0 Å². The SMILES string of the molecule is CC(CO)OC(=O)C(C)SC(=S)SC(C)C(=O)OC(C)CO. The predicted octanol–water partition coefficient (Wildman–Crippen LogP) is 1.36. The molecule has 9 heteroatoms. The summed E-state index contributed by atoms with van der Waals surface area (Å²) in [4.78, 5) is 23.4. The molecule has 0 aliphatic heterocycles. The Labute approximate surface area is 144 Å². The van der Waals surface area contributed by atoms with E-state index in [-0.39, 0.29) is 13.2 Å². The second kappa shape index (κ2) is 11.2. The summed E-state index contributed by atoms with van der Waals surface area (Å²) in [5.74, 6) is -0.947. The van der Waals surface area contributed by atoms with Gasteiger partial charge in [0.25, 0.3) is 0 Å². The molecule has 4 atom stereocenters. The Balaban J connectivity index is 4.26. The van der Waals surface area contributed by atoms with E-state index in [2.05, 4.69) is 0 Å². The van der Waals surface area contributed by atoms with Gasteiger partial charge in [-0.1, -0.05) is 35.7 Å². The van der Waals surface area contributed by atoms with Gasteiger partial charge < -0.3 is 19.7 Å². The molecule has 0 spiro atoms. The van der Waals surface area contributed by atoms with Gasteiger partial charge in [-0.2, -0.15) is 0 Å². The first-order valence-electron chi connectivity index (χ1n) is 6.71. The van der Waals surface area contributed by atoms with Crippen molar-refractivity contribution in [2.24, 2.45) is 0 Å². The molecule has 0 aromatic rings. The second-order valence-electron chi connectivity index (χ2n) is 4.63. The van der Waals surface area contributed by atoms with Crippen molar-refractivity contribution in [3.05, 3.63) is 0 Å². The largest absolute Gasteiger partial charge is 0.459 e. The van der Waals surface area contributed by atoms with Crippen molar-refractivity contribution in [3.8, 4) is 0 Å². The first kappa shape index (κ1) is 21.6. The van der Waals surface area contributed by atoms with Crippen LogP contribution in [0.4, 0.5) is 0 Å². The van der Waals surface area contributed by atoms with Gasteiger partial charge in [0.15, 0.2) is 0 Å². The maximum atomic E-state index is 11.7. The minimum Gasteiger partial charge on any atom is -0.459 e. The molecule has 22 heavy (non-hydrogen) atoms. The highest BCUT2D eigenvalue weighted by Crippen LogP contribution is 2.27. The number of thiocarbonyl (C=S) groups is 1. The number of hydrogen-bond donors (Lipinski definition) is 2. The molecule has 0 saturated carbocycles. The summed E-state index contributed by atoms with van der Waals surface area (Å²) in [6.45, 7) is 5.97. The van der Waals surface area contributed by atoms with Crippen LogP contribution in [0.2, 0.25) is 0 Å². The third-order valence-corrected chi connectivity index (χ3v) is 4.99. The molecule has 4 unspecified atom stereocenters. The maximum absolute atomic E-state index is 11.7. The molecule has 0 radical (unpaired) electrons. The van der Waals surface area contributed by atoms with E-state index in [0.717, 1.165) is 23.5 Å². The molecular weight excluding hydrogens is 348 g/mol. The van der Waals surface area contributed by atoms with Crippen molar-refractivity contribution in [2.75, 3.05) is 13.2 Å². The van der Waals surface area contributed by atoms with Crippen LogP contribution in [0.1, 0.15) is 27.7 Å². The van der Waals surface area contributed by atoms with E-state index in [4.69, 9.17) is 31.9 Å². The van der Waals surface area contributed by atoms with Gasteiger partial charge in [0.1, 0.15) is 26.2 Å². The van der Waals surface area contributed by atoms with Crippen molar-refractivity contribution < 1.29 is 29.3 Å². The predicted molar refractivity (Wildman–Crippen MR) is 92.0 cm³/mol. The number of ether oxygens (including phenoxy) is 2. The van der Waals surface area contributed by atoms with Crippen LogP contribution in [0, 0.1) is 0 Å². The van der Waals surface area contributed by atoms with Gasteiger partial charge in [-0.15, -0.1) is 0 Å². The zero-order valence-electron chi connectivity index (χ0n) is 13.0. The van der Waals surface area contributed by atoms with Crippen LogP contribution < -0.4 is 0 Å². The fourth-order valence-corrected chi connectivity index (χ4v) is 3.91. The number of aliphatic hydroxyl groups excluding tert-OH is 2. The number of thioether (sulfide) groups is 2. The first-order valence-corrected chi connectivity index (χ1v) is 8.87. The second-order valence-corrected chi connectivity index (χ2v) is 8.52. The van der Waals surface area contributed by atoms with E-state index < -0.39 is 34.6 Å². The average molecular weight is 371 g/mol. The van der Waals surface area contributed by atoms with Crippen LogP contribution in [-0.2, 0) is 19.1 Å². The van der Waals surface area contributed by atoms with Crippen molar-refractivity contribution in [2.45, 2.75) is 50.4 Å². The number of aliphatic hydroxyl groups is 2. The van der Waals surface area contributed by atoms with Crippen molar-refractivity contribution in [1.29, 1.82) is 0 Å². The van der Waals surface area contributed by atoms with Gasteiger partial charge in [-0.05, 0) is 27.7 Å². The Hall–Kier alpha value is -0.350. The molecule has 0 amide bonds. The summed E-state index contributed by atoms with van der Waals surface area (Å²) in [6.07, 6.45) is -1.13. The molecule has 0 heterocycles. The third kappa shape index (κ3) is 8.94. The molecule has 2 N–H and O–H groups in total.